The van der Waals surface area contributed by atoms with Crippen molar-refractivity contribution in [2.24, 2.45) is 0 Å². The number of hydrogen-bond acceptors (Lipinski definition) is 5. The van der Waals surface area contributed by atoms with Crippen molar-refractivity contribution in [2.75, 3.05) is 5.75 Å². The molecule has 3 aromatic rings. The first-order valence-electron chi connectivity index (χ1n) is 9.28. The first kappa shape index (κ1) is 20.1. The molecule has 0 spiro atoms. The van der Waals surface area contributed by atoms with Gasteiger partial charge in [-0.1, -0.05) is 36.4 Å². The Bertz CT molecular complexity index is 865. The van der Waals surface area contributed by atoms with E-state index in [4.69, 9.17) is 4.74 Å². The molecule has 148 valence electrons. The molecule has 0 aliphatic carbocycles. The maximum Gasteiger partial charge on any atom is 0.191 e. The van der Waals surface area contributed by atoms with Crippen LogP contribution in [0.4, 0.5) is 4.39 Å². The molecule has 0 unspecified atom stereocenters. The van der Waals surface area contributed by atoms with Crippen molar-refractivity contribution in [3.05, 3.63) is 67.0 Å². The molecule has 0 atom stereocenters. The predicted molar refractivity (Wildman–Crippen MR) is 108 cm³/mol. The first-order valence-corrected chi connectivity index (χ1v) is 10.3. The fraction of sp³-hybridized carbons (Fsp3) is 0.350. The number of thioether (sulfide) groups is 1. The van der Waals surface area contributed by atoms with Crippen LogP contribution in [0.5, 0.6) is 5.75 Å². The minimum Gasteiger partial charge on any atom is -0.483 e. The van der Waals surface area contributed by atoms with Gasteiger partial charge in [0.05, 0.1) is 0 Å². The largest absolute Gasteiger partial charge is 0.483 e. The van der Waals surface area contributed by atoms with Crippen LogP contribution in [0, 0.1) is 5.82 Å². The topological polar surface area (TPSA) is 57.8 Å². The number of hydrogen-bond donors (Lipinski definition) is 0. The van der Waals surface area contributed by atoms with Crippen molar-refractivity contribution >= 4 is 11.8 Å². The van der Waals surface area contributed by atoms with E-state index in [1.807, 2.05) is 21.5 Å². The zero-order chi connectivity index (χ0) is 19.6. The van der Waals surface area contributed by atoms with E-state index in [1.165, 1.54) is 6.07 Å². The number of para-hydroxylation sites is 1. The van der Waals surface area contributed by atoms with Crippen molar-refractivity contribution in [2.45, 2.75) is 44.1 Å². The Morgan fingerprint density at radius 3 is 2.82 bits per heavy atom. The van der Waals surface area contributed by atoms with E-state index in [0.29, 0.717) is 12.4 Å². The maximum absolute atomic E-state index is 13.7. The van der Waals surface area contributed by atoms with Crippen LogP contribution < -0.4 is 4.74 Å². The second-order valence-electron chi connectivity index (χ2n) is 6.20. The van der Waals surface area contributed by atoms with Crippen molar-refractivity contribution in [1.82, 2.24) is 24.5 Å². The molecule has 0 N–H and O–H groups in total. The lowest BCUT2D eigenvalue weighted by atomic mass is 10.2. The Balaban J connectivity index is 1.47. The van der Waals surface area contributed by atoms with E-state index in [1.54, 1.807) is 42.2 Å². The van der Waals surface area contributed by atoms with Crippen LogP contribution in [-0.4, -0.2) is 30.3 Å². The Hall–Kier alpha value is -2.61. The van der Waals surface area contributed by atoms with Crippen LogP contribution in [0.15, 0.2) is 60.5 Å². The SMILES string of the molecule is C=CCn1c(COc2ccccc2F)nnc1SCCCCCn1cccn1. The number of ether oxygens (including phenoxy) is 1. The van der Waals surface area contributed by atoms with Crippen molar-refractivity contribution in [3.63, 3.8) is 0 Å². The molecule has 0 aliphatic heterocycles. The van der Waals surface area contributed by atoms with E-state index in [2.05, 4.69) is 21.9 Å². The highest BCUT2D eigenvalue weighted by Gasteiger charge is 2.13. The minimum absolute atomic E-state index is 0.159. The molecule has 6 nitrogen and oxygen atoms in total. The van der Waals surface area contributed by atoms with Gasteiger partial charge < -0.3 is 4.74 Å². The highest BCUT2D eigenvalue weighted by atomic mass is 32.2. The van der Waals surface area contributed by atoms with Gasteiger partial charge in [0.25, 0.3) is 0 Å². The quantitative estimate of drug-likeness (QED) is 0.257. The molecule has 0 aliphatic rings. The number of nitrogens with zero attached hydrogens (tertiary/aromatic N) is 5. The molecule has 3 rings (SSSR count). The normalized spacial score (nSPS) is 10.9. The Labute approximate surface area is 168 Å². The first-order chi connectivity index (χ1) is 13.8. The van der Waals surface area contributed by atoms with Crippen LogP contribution >= 0.6 is 11.8 Å². The van der Waals surface area contributed by atoms with E-state index in [-0.39, 0.29) is 18.2 Å². The fourth-order valence-electron chi connectivity index (χ4n) is 2.70. The van der Waals surface area contributed by atoms with Crippen molar-refractivity contribution in [1.29, 1.82) is 0 Å². The summed E-state index contributed by atoms with van der Waals surface area (Å²) in [6.07, 6.45) is 8.90. The summed E-state index contributed by atoms with van der Waals surface area (Å²) in [6.45, 7) is 5.49. The summed E-state index contributed by atoms with van der Waals surface area (Å²) in [5.74, 6) is 1.44. The van der Waals surface area contributed by atoms with E-state index in [0.717, 1.165) is 36.7 Å². The van der Waals surface area contributed by atoms with Gasteiger partial charge in [-0.05, 0) is 31.0 Å². The molecule has 1 aromatic carbocycles. The smallest absolute Gasteiger partial charge is 0.191 e. The summed E-state index contributed by atoms with van der Waals surface area (Å²) >= 11 is 1.67. The zero-order valence-corrected chi connectivity index (χ0v) is 16.5. The van der Waals surface area contributed by atoms with Crippen LogP contribution in [0.25, 0.3) is 0 Å². The lowest BCUT2D eigenvalue weighted by Crippen LogP contribution is -2.08. The number of allylic oxidation sites excluding steroid dienone is 1. The zero-order valence-electron chi connectivity index (χ0n) is 15.7. The molecule has 0 bridgehead atoms. The molecule has 0 amide bonds. The number of unbranched alkanes of at least 4 members (excludes halogenated alkanes) is 2. The highest BCUT2D eigenvalue weighted by molar-refractivity contribution is 7.99. The van der Waals surface area contributed by atoms with Crippen LogP contribution in [0.1, 0.15) is 25.1 Å². The molecule has 0 saturated carbocycles. The summed E-state index contributed by atoms with van der Waals surface area (Å²) in [7, 11) is 0. The standard InChI is InChI=1S/C20H24FN5OS/c1-2-12-26-19(16-27-18-10-5-4-9-17(18)21)23-24-20(26)28-15-7-3-6-13-25-14-8-11-22-25/h2,4-5,8-11,14H,1,3,6-7,12-13,15-16H2. The molecular formula is C20H24FN5OS. The van der Waals surface area contributed by atoms with Gasteiger partial charge in [0.15, 0.2) is 22.5 Å². The van der Waals surface area contributed by atoms with Gasteiger partial charge in [-0.2, -0.15) is 5.10 Å². The van der Waals surface area contributed by atoms with E-state index in [9.17, 15) is 4.39 Å². The lowest BCUT2D eigenvalue weighted by Gasteiger charge is -2.09. The van der Waals surface area contributed by atoms with Crippen LogP contribution in [-0.2, 0) is 19.7 Å². The maximum atomic E-state index is 13.7. The average molecular weight is 402 g/mol. The molecular weight excluding hydrogens is 377 g/mol. The van der Waals surface area contributed by atoms with Gasteiger partial charge in [-0.3, -0.25) is 9.25 Å². The Morgan fingerprint density at radius 1 is 1.14 bits per heavy atom. The number of rotatable bonds is 12. The van der Waals surface area contributed by atoms with E-state index >= 15 is 0 Å². The fourth-order valence-corrected chi connectivity index (χ4v) is 3.66. The summed E-state index contributed by atoms with van der Waals surface area (Å²) in [6, 6.07) is 8.28. The predicted octanol–water partition coefficient (Wildman–Crippen LogP) is 4.34. The van der Waals surface area contributed by atoms with Gasteiger partial charge in [-0.15, -0.1) is 16.8 Å². The Kier molecular flexibility index (Phi) is 7.66. The summed E-state index contributed by atoms with van der Waals surface area (Å²) < 4.78 is 23.2. The van der Waals surface area contributed by atoms with Gasteiger partial charge >= 0.3 is 0 Å². The minimum atomic E-state index is -0.387. The third-order valence-electron chi connectivity index (χ3n) is 4.12. The molecule has 2 heterocycles. The third-order valence-corrected chi connectivity index (χ3v) is 5.17. The number of halogens is 1. The summed E-state index contributed by atoms with van der Waals surface area (Å²) in [4.78, 5) is 0. The number of benzene rings is 1. The van der Waals surface area contributed by atoms with Crippen molar-refractivity contribution < 1.29 is 9.13 Å². The molecule has 8 heteroatoms. The molecule has 2 aromatic heterocycles. The molecule has 28 heavy (non-hydrogen) atoms. The van der Waals surface area contributed by atoms with Crippen molar-refractivity contribution in [3.8, 4) is 5.75 Å². The van der Waals surface area contributed by atoms with Gasteiger partial charge in [0, 0.05) is 31.2 Å². The van der Waals surface area contributed by atoms with Gasteiger partial charge in [0.1, 0.15) is 6.61 Å². The summed E-state index contributed by atoms with van der Waals surface area (Å²) in [5.41, 5.74) is 0. The molecule has 0 fully saturated rings. The Morgan fingerprint density at radius 2 is 2.04 bits per heavy atom. The van der Waals surface area contributed by atoms with E-state index < -0.39 is 0 Å². The summed E-state index contributed by atoms with van der Waals surface area (Å²) in [5, 5.41) is 13.5. The number of aromatic nitrogens is 5. The van der Waals surface area contributed by atoms with Gasteiger partial charge in [0.2, 0.25) is 0 Å². The van der Waals surface area contributed by atoms with Crippen LogP contribution in [0.2, 0.25) is 0 Å². The average Bonchev–Trinajstić information content (AvgIpc) is 3.35. The third kappa shape index (κ3) is 5.69. The second-order valence-corrected chi connectivity index (χ2v) is 7.26. The van der Waals surface area contributed by atoms with Gasteiger partial charge in [-0.25, -0.2) is 4.39 Å². The molecule has 0 radical (unpaired) electrons. The lowest BCUT2D eigenvalue weighted by molar-refractivity contribution is 0.275. The monoisotopic (exact) mass is 401 g/mol. The molecule has 0 saturated heterocycles. The second kappa shape index (κ2) is 10.7. The van der Waals surface area contributed by atoms with Crippen LogP contribution in [0.3, 0.4) is 0 Å². The number of aryl methyl sites for hydroxylation is 1. The highest BCUT2D eigenvalue weighted by Crippen LogP contribution is 2.21.